The molecule has 11 nitrogen and oxygen atoms in total. The zero-order valence-corrected chi connectivity index (χ0v) is 21.4. The average molecular weight is 522 g/mol. The predicted molar refractivity (Wildman–Crippen MR) is 133 cm³/mol. The van der Waals surface area contributed by atoms with Gasteiger partial charge in [-0.1, -0.05) is 23.7 Å². The van der Waals surface area contributed by atoms with E-state index in [-0.39, 0.29) is 18.3 Å². The lowest BCUT2D eigenvalue weighted by Gasteiger charge is -2.33. The predicted octanol–water partition coefficient (Wildman–Crippen LogP) is 3.35. The number of hydrogen-bond acceptors (Lipinski definition) is 7. The highest BCUT2D eigenvalue weighted by Crippen LogP contribution is 2.54. The summed E-state index contributed by atoms with van der Waals surface area (Å²) in [5.74, 6) is -0.834. The maximum absolute atomic E-state index is 14.1. The number of hydrogen-bond donors (Lipinski definition) is 4. The van der Waals surface area contributed by atoms with E-state index in [2.05, 4.69) is 25.1 Å². The molecule has 1 saturated carbocycles. The van der Waals surface area contributed by atoms with Crippen LogP contribution in [0, 0.1) is 0 Å². The largest absolute Gasteiger partial charge is 0.480 e. The molecule has 1 aromatic carbocycles. The number of aromatic nitrogens is 4. The maximum Gasteiger partial charge on any atom is 0.323 e. The van der Waals surface area contributed by atoms with E-state index in [0.29, 0.717) is 22.7 Å². The fraction of sp³-hybridized carbons (Fsp3) is 0.455. The van der Waals surface area contributed by atoms with Gasteiger partial charge in [-0.2, -0.15) is 0 Å². The molecule has 0 aliphatic heterocycles. The van der Waals surface area contributed by atoms with Crippen molar-refractivity contribution in [3.63, 3.8) is 0 Å². The number of anilines is 1. The molecule has 188 valence electrons. The Morgan fingerprint density at radius 3 is 2.63 bits per heavy atom. The number of ether oxygens (including phenoxy) is 1. The molecule has 1 fully saturated rings. The van der Waals surface area contributed by atoms with Gasteiger partial charge in [-0.05, 0) is 51.3 Å². The number of nitrogens with one attached hydrogen (secondary N) is 2. The van der Waals surface area contributed by atoms with Crippen LogP contribution in [0.5, 0.6) is 0 Å². The van der Waals surface area contributed by atoms with Crippen LogP contribution in [0.3, 0.4) is 0 Å². The second-order valence-electron chi connectivity index (χ2n) is 9.42. The van der Waals surface area contributed by atoms with E-state index in [4.69, 9.17) is 22.1 Å². The number of nitrogen functional groups attached to an aromatic ring is 1. The van der Waals surface area contributed by atoms with Crippen molar-refractivity contribution in [1.29, 1.82) is 0 Å². The fourth-order valence-electron chi connectivity index (χ4n) is 3.89. The Morgan fingerprint density at radius 1 is 1.31 bits per heavy atom. The Bertz CT molecular complexity index is 1280. The summed E-state index contributed by atoms with van der Waals surface area (Å²) in [5, 5.41) is 16.3. The van der Waals surface area contributed by atoms with Crippen molar-refractivity contribution < 1.29 is 19.2 Å². The minimum absolute atomic E-state index is 0.218. The van der Waals surface area contributed by atoms with Crippen LogP contribution in [0.25, 0.3) is 11.2 Å². The fourth-order valence-corrected chi connectivity index (χ4v) is 6.71. The van der Waals surface area contributed by atoms with Crippen molar-refractivity contribution in [2.75, 3.05) is 12.1 Å². The number of nitrogens with zero attached hydrogens (tertiary/aromatic N) is 4. The van der Waals surface area contributed by atoms with Gasteiger partial charge in [0.2, 0.25) is 7.44 Å². The Labute approximate surface area is 207 Å². The number of rotatable bonds is 11. The highest BCUT2D eigenvalue weighted by atomic mass is 35.5. The molecule has 13 heteroatoms. The molecule has 0 radical (unpaired) electrons. The second kappa shape index (κ2) is 9.48. The molecule has 0 amide bonds. The molecule has 4 rings (SSSR count). The lowest BCUT2D eigenvalue weighted by Crippen LogP contribution is -2.49. The Morgan fingerprint density at radius 2 is 2.00 bits per heavy atom. The summed E-state index contributed by atoms with van der Waals surface area (Å²) < 4.78 is 21.9. The van der Waals surface area contributed by atoms with Crippen LogP contribution in [-0.2, 0) is 26.2 Å². The smallest absolute Gasteiger partial charge is 0.323 e. The molecule has 1 aliphatic carbocycles. The van der Waals surface area contributed by atoms with Crippen LogP contribution in [0.4, 0.5) is 5.82 Å². The Kier molecular flexibility index (Phi) is 6.91. The third kappa shape index (κ3) is 5.65. The van der Waals surface area contributed by atoms with Gasteiger partial charge >= 0.3 is 5.97 Å². The molecule has 5 N–H and O–H groups in total. The number of halogens is 1. The Balaban J connectivity index is 1.51. The summed E-state index contributed by atoms with van der Waals surface area (Å²) in [6.45, 7) is 5.14. The van der Waals surface area contributed by atoms with Gasteiger partial charge in [-0.3, -0.25) is 9.36 Å². The number of benzene rings is 1. The van der Waals surface area contributed by atoms with Gasteiger partial charge in [0.1, 0.15) is 23.7 Å². The van der Waals surface area contributed by atoms with E-state index in [9.17, 15) is 14.5 Å². The lowest BCUT2D eigenvalue weighted by atomic mass is 10.1. The SMILES string of the molecule is C[C@H](Cn1cnc2c(N)ncnc21)OCP(=O)(NC(C)(C)C(=O)O)NC1(c2ccc(Cl)cc2)CC1. The van der Waals surface area contributed by atoms with Crippen molar-refractivity contribution in [3.05, 3.63) is 47.5 Å². The number of imidazole rings is 1. The van der Waals surface area contributed by atoms with E-state index in [1.54, 1.807) is 23.0 Å². The summed E-state index contributed by atoms with van der Waals surface area (Å²) in [6, 6.07) is 7.33. The highest BCUT2D eigenvalue weighted by molar-refractivity contribution is 7.59. The van der Waals surface area contributed by atoms with Crippen molar-refractivity contribution in [1.82, 2.24) is 29.7 Å². The van der Waals surface area contributed by atoms with Crippen LogP contribution in [0.2, 0.25) is 5.02 Å². The molecule has 2 heterocycles. The number of carboxylic acids is 1. The Hall–Kier alpha value is -2.56. The number of carboxylic acid groups (broad SMARTS) is 1. The molecule has 0 saturated heterocycles. The van der Waals surface area contributed by atoms with Crippen molar-refractivity contribution in [3.8, 4) is 0 Å². The number of carbonyl (C=O) groups is 1. The van der Waals surface area contributed by atoms with Gasteiger partial charge in [0.25, 0.3) is 0 Å². The molecule has 0 bridgehead atoms. The topological polar surface area (TPSA) is 157 Å². The minimum Gasteiger partial charge on any atom is -0.480 e. The summed E-state index contributed by atoms with van der Waals surface area (Å²) in [5.41, 5.74) is 5.87. The van der Waals surface area contributed by atoms with Crippen molar-refractivity contribution in [2.24, 2.45) is 0 Å². The van der Waals surface area contributed by atoms with Crippen molar-refractivity contribution in [2.45, 2.75) is 57.3 Å². The van der Waals surface area contributed by atoms with Crippen LogP contribution >= 0.6 is 19.0 Å². The summed E-state index contributed by atoms with van der Waals surface area (Å²) in [7, 11) is -3.54. The van der Waals surface area contributed by atoms with E-state index in [1.165, 1.54) is 20.2 Å². The number of nitrogens with two attached hydrogens (primary N) is 1. The number of aliphatic carboxylic acids is 1. The zero-order chi connectivity index (χ0) is 25.4. The zero-order valence-electron chi connectivity index (χ0n) is 19.7. The van der Waals surface area contributed by atoms with Gasteiger partial charge in [0.05, 0.1) is 24.5 Å². The minimum atomic E-state index is -3.54. The molecule has 35 heavy (non-hydrogen) atoms. The first-order valence-corrected chi connectivity index (χ1v) is 13.4. The molecule has 0 spiro atoms. The van der Waals surface area contributed by atoms with Crippen LogP contribution in [-0.4, -0.2) is 48.6 Å². The van der Waals surface area contributed by atoms with E-state index < -0.39 is 24.5 Å². The maximum atomic E-state index is 14.1. The first-order chi connectivity index (χ1) is 16.4. The van der Waals surface area contributed by atoms with Crippen LogP contribution < -0.4 is 15.9 Å². The summed E-state index contributed by atoms with van der Waals surface area (Å²) in [4.78, 5) is 24.2. The average Bonchev–Trinajstić information content (AvgIpc) is 3.44. The molecule has 2 aromatic heterocycles. The highest BCUT2D eigenvalue weighted by Gasteiger charge is 2.50. The molecular weight excluding hydrogens is 493 g/mol. The first kappa shape index (κ1) is 25.5. The molecule has 1 unspecified atom stereocenters. The van der Waals surface area contributed by atoms with Crippen LogP contribution in [0.15, 0.2) is 36.9 Å². The number of fused-ring (bicyclic) bond motifs is 1. The molecule has 1 aliphatic rings. The van der Waals surface area contributed by atoms with Crippen molar-refractivity contribution >= 4 is 42.0 Å². The standard InChI is InChI=1S/C22H29ClN7O4P/c1-14(10-30-12-27-17-18(24)25-11-26-19(17)30)34-13-35(33,28-21(2,3)20(31)32)29-22(8-9-22)15-4-6-16(23)7-5-15/h4-7,11-12,14H,8-10,13H2,1-3H3,(H,31,32)(H2,24,25,26)(H2,28,29,33)/t14-,35?/m1/s1. The third-order valence-electron chi connectivity index (χ3n) is 5.96. The lowest BCUT2D eigenvalue weighted by molar-refractivity contribution is -0.142. The monoisotopic (exact) mass is 521 g/mol. The van der Waals surface area contributed by atoms with Gasteiger partial charge < -0.3 is 20.1 Å². The van der Waals surface area contributed by atoms with E-state index >= 15 is 0 Å². The second-order valence-corrected chi connectivity index (χ2v) is 12.0. The normalized spacial score (nSPS) is 17.7. The van der Waals surface area contributed by atoms with E-state index in [0.717, 1.165) is 18.4 Å². The van der Waals surface area contributed by atoms with Crippen LogP contribution in [0.1, 0.15) is 39.2 Å². The van der Waals surface area contributed by atoms with E-state index in [1.807, 2.05) is 19.1 Å². The molecular formula is C22H29ClN7O4P. The van der Waals surface area contributed by atoms with Gasteiger partial charge in [0, 0.05) is 5.02 Å². The summed E-state index contributed by atoms with van der Waals surface area (Å²) >= 11 is 6.03. The molecule has 2 atom stereocenters. The van der Waals surface area contributed by atoms with Gasteiger partial charge in [-0.15, -0.1) is 0 Å². The van der Waals surface area contributed by atoms with Gasteiger partial charge in [-0.25, -0.2) is 25.1 Å². The quantitative estimate of drug-likeness (QED) is 0.276. The third-order valence-corrected chi connectivity index (χ3v) is 8.43. The first-order valence-electron chi connectivity index (χ1n) is 11.1. The molecule has 3 aromatic rings. The summed E-state index contributed by atoms with van der Waals surface area (Å²) in [6.07, 6.45) is 3.86. The van der Waals surface area contributed by atoms with Gasteiger partial charge in [0.15, 0.2) is 11.5 Å².